The number of nitrogens with one attached hydrogen (secondary N) is 1. The molecule has 2 aromatic carbocycles. The number of hydrogen-bond donors (Lipinski definition) is 1. The first-order valence-electron chi connectivity index (χ1n) is 8.43. The first kappa shape index (κ1) is 19.6. The van der Waals surface area contributed by atoms with Crippen molar-refractivity contribution < 1.29 is 23.9 Å². The average molecular weight is 445 g/mol. The van der Waals surface area contributed by atoms with Gasteiger partial charge >= 0.3 is 6.03 Å². The van der Waals surface area contributed by atoms with Crippen molar-refractivity contribution in [1.29, 1.82) is 0 Å². The summed E-state index contributed by atoms with van der Waals surface area (Å²) in [5.74, 6) is -0.502. The molecule has 3 rings (SSSR count). The van der Waals surface area contributed by atoms with Gasteiger partial charge in [0.25, 0.3) is 11.8 Å². The van der Waals surface area contributed by atoms with E-state index in [1.165, 1.54) is 13.2 Å². The maximum atomic E-state index is 13.0. The van der Waals surface area contributed by atoms with Gasteiger partial charge in [-0.2, -0.15) is 0 Å². The van der Waals surface area contributed by atoms with Crippen LogP contribution in [0.3, 0.4) is 0 Å². The van der Waals surface area contributed by atoms with Gasteiger partial charge in [-0.25, -0.2) is 9.69 Å². The molecule has 1 aliphatic rings. The van der Waals surface area contributed by atoms with E-state index < -0.39 is 17.8 Å². The van der Waals surface area contributed by atoms with Gasteiger partial charge in [-0.05, 0) is 58.8 Å². The number of benzene rings is 2. The molecule has 7 nitrogen and oxygen atoms in total. The molecule has 0 spiro atoms. The van der Waals surface area contributed by atoms with E-state index in [1.807, 2.05) is 0 Å². The van der Waals surface area contributed by atoms with Crippen molar-refractivity contribution in [3.05, 3.63) is 58.1 Å². The maximum absolute atomic E-state index is 13.0. The molecular weight excluding hydrogens is 428 g/mol. The molecule has 28 heavy (non-hydrogen) atoms. The number of imide groups is 2. The second-order valence-electron chi connectivity index (χ2n) is 5.75. The third-order valence-corrected chi connectivity index (χ3v) is 4.61. The molecule has 1 heterocycles. The Bertz CT molecular complexity index is 986. The van der Waals surface area contributed by atoms with E-state index in [-0.39, 0.29) is 11.3 Å². The van der Waals surface area contributed by atoms with Gasteiger partial charge < -0.3 is 9.47 Å². The molecule has 4 amide bonds. The normalized spacial score (nSPS) is 15.6. The van der Waals surface area contributed by atoms with Gasteiger partial charge in [-0.15, -0.1) is 0 Å². The number of rotatable bonds is 5. The molecule has 1 aliphatic heterocycles. The van der Waals surface area contributed by atoms with Gasteiger partial charge in [0, 0.05) is 0 Å². The van der Waals surface area contributed by atoms with Crippen molar-refractivity contribution in [3.63, 3.8) is 0 Å². The fourth-order valence-corrected chi connectivity index (χ4v) is 3.29. The lowest BCUT2D eigenvalue weighted by Crippen LogP contribution is -2.54. The Morgan fingerprint density at radius 1 is 1.11 bits per heavy atom. The van der Waals surface area contributed by atoms with Crippen LogP contribution in [0.4, 0.5) is 10.5 Å². The summed E-state index contributed by atoms with van der Waals surface area (Å²) >= 11 is 3.37. The molecular formula is C20H17BrN2O5. The highest BCUT2D eigenvalue weighted by atomic mass is 79.9. The predicted molar refractivity (Wildman–Crippen MR) is 107 cm³/mol. The molecule has 1 saturated heterocycles. The summed E-state index contributed by atoms with van der Waals surface area (Å²) in [6.07, 6.45) is 1.42. The predicted octanol–water partition coefficient (Wildman–Crippen LogP) is 3.52. The summed E-state index contributed by atoms with van der Waals surface area (Å²) in [6, 6.07) is 10.9. The zero-order chi connectivity index (χ0) is 20.3. The number of para-hydroxylation sites is 2. The van der Waals surface area contributed by atoms with Crippen LogP contribution in [0.25, 0.3) is 6.08 Å². The molecule has 0 aromatic heterocycles. The smallest absolute Gasteiger partial charge is 0.336 e. The Morgan fingerprint density at radius 2 is 1.86 bits per heavy atom. The van der Waals surface area contributed by atoms with Gasteiger partial charge in [0.2, 0.25) is 0 Å². The Kier molecular flexibility index (Phi) is 5.79. The Morgan fingerprint density at radius 3 is 2.54 bits per heavy atom. The lowest BCUT2D eigenvalue weighted by molar-refractivity contribution is -0.122. The molecule has 2 aromatic rings. The number of anilines is 1. The zero-order valence-corrected chi connectivity index (χ0v) is 16.8. The van der Waals surface area contributed by atoms with Crippen LogP contribution in [-0.2, 0) is 9.59 Å². The average Bonchev–Trinajstić information content (AvgIpc) is 2.66. The summed E-state index contributed by atoms with van der Waals surface area (Å²) in [5.41, 5.74) is 0.697. The van der Waals surface area contributed by atoms with E-state index in [9.17, 15) is 14.4 Å². The molecule has 0 aliphatic carbocycles. The lowest BCUT2D eigenvalue weighted by Gasteiger charge is -2.27. The third-order valence-electron chi connectivity index (χ3n) is 3.99. The fraction of sp³-hybridized carbons (Fsp3) is 0.150. The number of carbonyl (C=O) groups excluding carboxylic acids is 3. The number of urea groups is 1. The Labute approximate surface area is 170 Å². The fourth-order valence-electron chi connectivity index (χ4n) is 2.73. The van der Waals surface area contributed by atoms with Crippen LogP contribution in [0, 0.1) is 0 Å². The van der Waals surface area contributed by atoms with E-state index >= 15 is 0 Å². The number of halogens is 1. The molecule has 0 atom stereocenters. The van der Waals surface area contributed by atoms with Gasteiger partial charge in [0.15, 0.2) is 0 Å². The minimum absolute atomic E-state index is 0.164. The first-order chi connectivity index (χ1) is 13.5. The van der Waals surface area contributed by atoms with E-state index in [0.29, 0.717) is 28.1 Å². The Hall–Kier alpha value is -3.13. The quantitative estimate of drug-likeness (QED) is 0.563. The molecule has 8 heteroatoms. The van der Waals surface area contributed by atoms with Gasteiger partial charge in [0.05, 0.1) is 23.9 Å². The van der Waals surface area contributed by atoms with E-state index in [0.717, 1.165) is 4.90 Å². The number of barbiturate groups is 1. The van der Waals surface area contributed by atoms with Crippen LogP contribution in [0.5, 0.6) is 11.5 Å². The van der Waals surface area contributed by atoms with Crippen molar-refractivity contribution in [2.45, 2.75) is 6.92 Å². The van der Waals surface area contributed by atoms with Crippen molar-refractivity contribution in [2.24, 2.45) is 0 Å². The molecule has 0 saturated carbocycles. The molecule has 1 N–H and O–H groups in total. The number of methoxy groups -OCH3 is 1. The standard InChI is InChI=1S/C20H17BrN2O5/c1-3-28-17-7-5-4-6-15(17)23-19(25)13(18(24)22-20(23)26)10-12-8-9-16(27-2)14(21)11-12/h4-11H,3H2,1-2H3,(H,22,24,26)/b13-10-. The van der Waals surface area contributed by atoms with Crippen LogP contribution in [0.15, 0.2) is 52.5 Å². The number of hydrogen-bond acceptors (Lipinski definition) is 5. The highest BCUT2D eigenvalue weighted by molar-refractivity contribution is 9.10. The summed E-state index contributed by atoms with van der Waals surface area (Å²) in [4.78, 5) is 38.6. The van der Waals surface area contributed by atoms with E-state index in [4.69, 9.17) is 9.47 Å². The monoisotopic (exact) mass is 444 g/mol. The van der Waals surface area contributed by atoms with Crippen LogP contribution < -0.4 is 19.7 Å². The molecule has 144 valence electrons. The summed E-state index contributed by atoms with van der Waals surface area (Å²) in [7, 11) is 1.54. The minimum Gasteiger partial charge on any atom is -0.496 e. The molecule has 0 bridgehead atoms. The van der Waals surface area contributed by atoms with Crippen molar-refractivity contribution in [1.82, 2.24) is 5.32 Å². The summed E-state index contributed by atoms with van der Waals surface area (Å²) in [5, 5.41) is 2.20. The number of amides is 4. The topological polar surface area (TPSA) is 84.9 Å². The highest BCUT2D eigenvalue weighted by Gasteiger charge is 2.38. The van der Waals surface area contributed by atoms with Crippen molar-refractivity contribution >= 4 is 45.5 Å². The minimum atomic E-state index is -0.824. The number of nitrogens with zero attached hydrogens (tertiary/aromatic N) is 1. The number of ether oxygens (including phenoxy) is 2. The largest absolute Gasteiger partial charge is 0.496 e. The van der Waals surface area contributed by atoms with E-state index in [2.05, 4.69) is 21.2 Å². The second-order valence-corrected chi connectivity index (χ2v) is 6.61. The van der Waals surface area contributed by atoms with Gasteiger partial charge in [-0.1, -0.05) is 18.2 Å². The van der Waals surface area contributed by atoms with Crippen molar-refractivity contribution in [2.75, 3.05) is 18.6 Å². The van der Waals surface area contributed by atoms with Crippen molar-refractivity contribution in [3.8, 4) is 11.5 Å². The lowest BCUT2D eigenvalue weighted by atomic mass is 10.1. The summed E-state index contributed by atoms with van der Waals surface area (Å²) < 4.78 is 11.4. The van der Waals surface area contributed by atoms with Crippen LogP contribution >= 0.6 is 15.9 Å². The van der Waals surface area contributed by atoms with Crippen LogP contribution in [0.1, 0.15) is 12.5 Å². The first-order valence-corrected chi connectivity index (χ1v) is 9.22. The van der Waals surface area contributed by atoms with Crippen LogP contribution in [0.2, 0.25) is 0 Å². The number of carbonyl (C=O) groups is 3. The van der Waals surface area contributed by atoms with Gasteiger partial charge in [-0.3, -0.25) is 14.9 Å². The van der Waals surface area contributed by atoms with E-state index in [1.54, 1.807) is 49.4 Å². The SMILES string of the molecule is CCOc1ccccc1N1C(=O)NC(=O)/C(=C/c2ccc(OC)c(Br)c2)C1=O. The third kappa shape index (κ3) is 3.77. The maximum Gasteiger partial charge on any atom is 0.336 e. The molecule has 1 fully saturated rings. The van der Waals surface area contributed by atoms with Gasteiger partial charge in [0.1, 0.15) is 17.1 Å². The molecule has 0 unspecified atom stereocenters. The zero-order valence-electron chi connectivity index (χ0n) is 15.2. The molecule has 0 radical (unpaired) electrons. The summed E-state index contributed by atoms with van der Waals surface area (Å²) in [6.45, 7) is 2.16. The second kappa shape index (κ2) is 8.26. The van der Waals surface area contributed by atoms with Crippen LogP contribution in [-0.4, -0.2) is 31.6 Å². The highest BCUT2D eigenvalue weighted by Crippen LogP contribution is 2.32. The Balaban J connectivity index is 2.02.